The summed E-state index contributed by atoms with van der Waals surface area (Å²) < 4.78 is 2.20. The Kier molecular flexibility index (Phi) is 5.01. The van der Waals surface area contributed by atoms with Crippen LogP contribution in [0.15, 0.2) is 11.6 Å². The second-order valence-corrected chi connectivity index (χ2v) is 6.57. The molecule has 0 aliphatic heterocycles. The Bertz CT molecular complexity index is 543. The minimum atomic E-state index is 0.471. The van der Waals surface area contributed by atoms with Crippen molar-refractivity contribution >= 4 is 22.1 Å². The number of nitrogens with zero attached hydrogens (tertiary/aromatic N) is 4. The summed E-state index contributed by atoms with van der Waals surface area (Å²) in [4.78, 5) is 10.3. The van der Waals surface area contributed by atoms with Gasteiger partial charge in [-0.2, -0.15) is 0 Å². The largest absolute Gasteiger partial charge is 0.357 e. The first-order valence-electron chi connectivity index (χ1n) is 7.02. The van der Waals surface area contributed by atoms with Crippen LogP contribution in [0.4, 0.5) is 5.82 Å². The number of thiazole rings is 1. The van der Waals surface area contributed by atoms with Crippen LogP contribution in [0, 0.1) is 0 Å². The molecule has 112 valence electrons. The highest BCUT2D eigenvalue weighted by Crippen LogP contribution is 2.24. The standard InChI is InChI=1S/C14H25N5S/c1-11(2)15-10-12-13(18(5)7-6-17(3)4)16-14-19(12)8-9-20-14/h8-9,11,15H,6-7,10H2,1-5H3. The van der Waals surface area contributed by atoms with Crippen molar-refractivity contribution in [1.82, 2.24) is 19.6 Å². The minimum Gasteiger partial charge on any atom is -0.357 e. The van der Waals surface area contributed by atoms with Crippen LogP contribution in [0.25, 0.3) is 4.96 Å². The van der Waals surface area contributed by atoms with Gasteiger partial charge in [-0.15, -0.1) is 11.3 Å². The first-order valence-corrected chi connectivity index (χ1v) is 7.90. The summed E-state index contributed by atoms with van der Waals surface area (Å²) in [6, 6.07) is 0.471. The van der Waals surface area contributed by atoms with Crippen molar-refractivity contribution in [3.63, 3.8) is 0 Å². The fourth-order valence-electron chi connectivity index (χ4n) is 2.05. The summed E-state index contributed by atoms with van der Waals surface area (Å²) in [5, 5.41) is 5.58. The fraction of sp³-hybridized carbons (Fsp3) is 0.643. The number of fused-ring (bicyclic) bond motifs is 1. The molecule has 0 aliphatic carbocycles. The zero-order valence-electron chi connectivity index (χ0n) is 13.1. The molecule has 0 aromatic carbocycles. The first kappa shape index (κ1) is 15.3. The summed E-state index contributed by atoms with van der Waals surface area (Å²) in [5.74, 6) is 1.09. The quantitative estimate of drug-likeness (QED) is 0.846. The van der Waals surface area contributed by atoms with Gasteiger partial charge in [0.2, 0.25) is 0 Å². The van der Waals surface area contributed by atoms with Gasteiger partial charge in [-0.05, 0) is 14.1 Å². The van der Waals surface area contributed by atoms with Gasteiger partial charge < -0.3 is 15.1 Å². The van der Waals surface area contributed by atoms with Crippen molar-refractivity contribution in [1.29, 1.82) is 0 Å². The lowest BCUT2D eigenvalue weighted by atomic mass is 10.3. The number of rotatable bonds is 7. The average Bonchev–Trinajstić information content (AvgIpc) is 2.93. The van der Waals surface area contributed by atoms with Crippen molar-refractivity contribution in [2.24, 2.45) is 0 Å². The Morgan fingerprint density at radius 3 is 2.70 bits per heavy atom. The molecule has 0 fully saturated rings. The summed E-state index contributed by atoms with van der Waals surface area (Å²) in [6.45, 7) is 7.19. The topological polar surface area (TPSA) is 35.8 Å². The second-order valence-electron chi connectivity index (χ2n) is 5.70. The van der Waals surface area contributed by atoms with E-state index in [1.165, 1.54) is 5.69 Å². The van der Waals surface area contributed by atoms with Crippen LogP contribution in [0.1, 0.15) is 19.5 Å². The highest BCUT2D eigenvalue weighted by Gasteiger charge is 2.16. The predicted octanol–water partition coefficient (Wildman–Crippen LogP) is 1.89. The molecular weight excluding hydrogens is 270 g/mol. The molecule has 6 heteroatoms. The maximum atomic E-state index is 4.78. The molecular formula is C14H25N5S. The van der Waals surface area contributed by atoms with E-state index >= 15 is 0 Å². The second kappa shape index (κ2) is 6.56. The molecule has 0 bridgehead atoms. The maximum absolute atomic E-state index is 4.78. The van der Waals surface area contributed by atoms with Crippen molar-refractivity contribution in [2.75, 3.05) is 39.1 Å². The van der Waals surface area contributed by atoms with E-state index in [0.29, 0.717) is 6.04 Å². The summed E-state index contributed by atoms with van der Waals surface area (Å²) >= 11 is 1.69. The van der Waals surface area contributed by atoms with Gasteiger partial charge in [0.05, 0.1) is 5.69 Å². The van der Waals surface area contributed by atoms with Crippen LogP contribution in [0.2, 0.25) is 0 Å². The summed E-state index contributed by atoms with van der Waals surface area (Å²) in [5.41, 5.74) is 1.25. The van der Waals surface area contributed by atoms with Crippen LogP contribution in [0.5, 0.6) is 0 Å². The van der Waals surface area contributed by atoms with Gasteiger partial charge in [-0.25, -0.2) is 4.98 Å². The Labute approximate surface area is 125 Å². The molecule has 1 N–H and O–H groups in total. The third kappa shape index (κ3) is 3.50. The lowest BCUT2D eigenvalue weighted by Crippen LogP contribution is -2.30. The summed E-state index contributed by atoms with van der Waals surface area (Å²) in [7, 11) is 6.32. The molecule has 0 spiro atoms. The third-order valence-corrected chi connectivity index (χ3v) is 4.02. The van der Waals surface area contributed by atoms with E-state index in [1.54, 1.807) is 11.3 Å². The maximum Gasteiger partial charge on any atom is 0.195 e. The Morgan fingerprint density at radius 2 is 2.05 bits per heavy atom. The van der Waals surface area contributed by atoms with E-state index in [2.05, 4.69) is 66.1 Å². The number of aromatic nitrogens is 2. The Balaban J connectivity index is 2.21. The molecule has 2 aromatic rings. The zero-order chi connectivity index (χ0) is 14.7. The molecule has 2 aromatic heterocycles. The summed E-state index contributed by atoms with van der Waals surface area (Å²) in [6.07, 6.45) is 2.10. The predicted molar refractivity (Wildman–Crippen MR) is 86.9 cm³/mol. The van der Waals surface area contributed by atoms with E-state index in [4.69, 9.17) is 4.98 Å². The first-order chi connectivity index (χ1) is 9.49. The monoisotopic (exact) mass is 295 g/mol. The van der Waals surface area contributed by atoms with Gasteiger partial charge in [0.25, 0.3) is 0 Å². The average molecular weight is 295 g/mol. The molecule has 5 nitrogen and oxygen atoms in total. The van der Waals surface area contributed by atoms with Gasteiger partial charge >= 0.3 is 0 Å². The zero-order valence-corrected chi connectivity index (χ0v) is 13.9. The number of likely N-dealkylation sites (N-methyl/N-ethyl adjacent to an activating group) is 2. The van der Waals surface area contributed by atoms with Crippen LogP contribution >= 0.6 is 11.3 Å². The highest BCUT2D eigenvalue weighted by molar-refractivity contribution is 7.15. The lowest BCUT2D eigenvalue weighted by molar-refractivity contribution is 0.416. The van der Waals surface area contributed by atoms with Crippen LogP contribution < -0.4 is 10.2 Å². The lowest BCUT2D eigenvalue weighted by Gasteiger charge is -2.21. The molecule has 0 unspecified atom stereocenters. The molecule has 0 aliphatic rings. The van der Waals surface area contributed by atoms with E-state index in [9.17, 15) is 0 Å². The fourth-order valence-corrected chi connectivity index (χ4v) is 2.78. The minimum absolute atomic E-state index is 0.471. The molecule has 0 saturated heterocycles. The number of nitrogens with one attached hydrogen (secondary N) is 1. The van der Waals surface area contributed by atoms with Gasteiger partial charge in [-0.3, -0.25) is 4.40 Å². The highest BCUT2D eigenvalue weighted by atomic mass is 32.1. The molecule has 0 atom stereocenters. The Hall–Kier alpha value is -1.11. The number of hydrogen-bond donors (Lipinski definition) is 1. The van der Waals surface area contributed by atoms with Crippen LogP contribution in [-0.2, 0) is 6.54 Å². The van der Waals surface area contributed by atoms with Crippen molar-refractivity contribution in [2.45, 2.75) is 26.4 Å². The van der Waals surface area contributed by atoms with Crippen molar-refractivity contribution in [3.8, 4) is 0 Å². The molecule has 0 amide bonds. The molecule has 0 radical (unpaired) electrons. The van der Waals surface area contributed by atoms with Gasteiger partial charge in [-0.1, -0.05) is 13.8 Å². The smallest absolute Gasteiger partial charge is 0.195 e. The van der Waals surface area contributed by atoms with E-state index in [-0.39, 0.29) is 0 Å². The van der Waals surface area contributed by atoms with Gasteiger partial charge in [0.15, 0.2) is 10.8 Å². The van der Waals surface area contributed by atoms with Crippen LogP contribution in [-0.4, -0.2) is 54.6 Å². The Morgan fingerprint density at radius 1 is 1.30 bits per heavy atom. The van der Waals surface area contributed by atoms with E-state index in [0.717, 1.165) is 30.4 Å². The van der Waals surface area contributed by atoms with E-state index in [1.807, 2.05) is 0 Å². The number of hydrogen-bond acceptors (Lipinski definition) is 5. The van der Waals surface area contributed by atoms with Crippen molar-refractivity contribution < 1.29 is 0 Å². The molecule has 20 heavy (non-hydrogen) atoms. The molecule has 2 rings (SSSR count). The van der Waals surface area contributed by atoms with Gasteiger partial charge in [0, 0.05) is 44.3 Å². The van der Waals surface area contributed by atoms with Gasteiger partial charge in [0.1, 0.15) is 0 Å². The van der Waals surface area contributed by atoms with Crippen LogP contribution in [0.3, 0.4) is 0 Å². The number of anilines is 1. The van der Waals surface area contributed by atoms with Crippen molar-refractivity contribution in [3.05, 3.63) is 17.3 Å². The van der Waals surface area contributed by atoms with E-state index < -0.39 is 0 Å². The molecule has 2 heterocycles. The SMILES string of the molecule is CC(C)NCc1c(N(C)CCN(C)C)nc2sccn12. The normalized spacial score (nSPS) is 11.9. The number of imidazole rings is 1. The molecule has 0 saturated carbocycles. The third-order valence-electron chi connectivity index (χ3n) is 3.26.